The summed E-state index contributed by atoms with van der Waals surface area (Å²) in [5.74, 6) is 0.457. The van der Waals surface area contributed by atoms with Gasteiger partial charge >= 0.3 is 5.97 Å². The molecule has 0 radical (unpaired) electrons. The molecule has 26 heavy (non-hydrogen) atoms. The summed E-state index contributed by atoms with van der Waals surface area (Å²) in [5.41, 5.74) is 1.76. The van der Waals surface area contributed by atoms with Crippen LogP contribution >= 0.6 is 0 Å². The SMILES string of the molecule is O=C(OCc1ccccc1)C12C=CC(CC1)CN2CCc1ccccc1. The van der Waals surface area contributed by atoms with E-state index in [1.807, 2.05) is 36.4 Å². The third-order valence-electron chi connectivity index (χ3n) is 5.64. The molecule has 0 N–H and O–H groups in total. The summed E-state index contributed by atoms with van der Waals surface area (Å²) >= 11 is 0. The fraction of sp³-hybridized carbons (Fsp3) is 0.348. The van der Waals surface area contributed by atoms with Crippen molar-refractivity contribution >= 4 is 5.97 Å². The number of esters is 1. The van der Waals surface area contributed by atoms with Crippen LogP contribution in [0.5, 0.6) is 0 Å². The summed E-state index contributed by atoms with van der Waals surface area (Å²) in [7, 11) is 0. The molecule has 0 amide bonds. The predicted molar refractivity (Wildman–Crippen MR) is 103 cm³/mol. The first kappa shape index (κ1) is 17.0. The number of fused-ring (bicyclic) bond motifs is 2. The molecule has 2 bridgehead atoms. The molecule has 2 atom stereocenters. The van der Waals surface area contributed by atoms with Crippen molar-refractivity contribution < 1.29 is 9.53 Å². The third kappa shape index (κ3) is 3.45. The molecular weight excluding hydrogens is 322 g/mol. The smallest absolute Gasteiger partial charge is 0.330 e. The second-order valence-electron chi connectivity index (χ2n) is 7.33. The highest BCUT2D eigenvalue weighted by Gasteiger charge is 2.49. The first-order chi connectivity index (χ1) is 12.8. The lowest BCUT2D eigenvalue weighted by atomic mass is 9.75. The number of hydrogen-bond donors (Lipinski definition) is 0. The number of nitrogens with zero attached hydrogens (tertiary/aromatic N) is 1. The minimum absolute atomic E-state index is 0.108. The van der Waals surface area contributed by atoms with Gasteiger partial charge in [-0.3, -0.25) is 4.90 Å². The number of hydrogen-bond acceptors (Lipinski definition) is 3. The minimum Gasteiger partial charge on any atom is -0.459 e. The highest BCUT2D eigenvalue weighted by atomic mass is 16.5. The molecule has 1 fully saturated rings. The van der Waals surface area contributed by atoms with E-state index in [2.05, 4.69) is 41.3 Å². The van der Waals surface area contributed by atoms with Gasteiger partial charge in [0.1, 0.15) is 12.1 Å². The number of benzene rings is 2. The van der Waals surface area contributed by atoms with Crippen LogP contribution in [-0.4, -0.2) is 29.5 Å². The predicted octanol–water partition coefficient (Wildman–Crippen LogP) is 3.99. The van der Waals surface area contributed by atoms with E-state index >= 15 is 0 Å². The molecule has 1 aliphatic carbocycles. The van der Waals surface area contributed by atoms with Gasteiger partial charge in [-0.05, 0) is 36.3 Å². The number of carbonyl (C=O) groups is 1. The van der Waals surface area contributed by atoms with Crippen LogP contribution in [0.15, 0.2) is 72.8 Å². The van der Waals surface area contributed by atoms with Crippen molar-refractivity contribution in [2.45, 2.75) is 31.4 Å². The van der Waals surface area contributed by atoms with Crippen LogP contribution in [0.3, 0.4) is 0 Å². The van der Waals surface area contributed by atoms with Crippen LogP contribution in [-0.2, 0) is 22.6 Å². The Balaban J connectivity index is 1.46. The quantitative estimate of drug-likeness (QED) is 0.584. The highest BCUT2D eigenvalue weighted by molar-refractivity contribution is 5.84. The molecule has 3 heteroatoms. The lowest BCUT2D eigenvalue weighted by Gasteiger charge is -2.49. The van der Waals surface area contributed by atoms with E-state index in [0.717, 1.165) is 37.9 Å². The molecule has 0 aromatic heterocycles. The molecule has 1 saturated heterocycles. The molecule has 2 heterocycles. The molecule has 0 saturated carbocycles. The van der Waals surface area contributed by atoms with Crippen molar-refractivity contribution in [3.05, 3.63) is 83.9 Å². The van der Waals surface area contributed by atoms with Crippen LogP contribution in [0.2, 0.25) is 0 Å². The third-order valence-corrected chi connectivity index (χ3v) is 5.64. The number of carbonyl (C=O) groups excluding carboxylic acids is 1. The zero-order valence-electron chi connectivity index (χ0n) is 15.0. The molecule has 2 aliphatic heterocycles. The Morgan fingerprint density at radius 3 is 2.38 bits per heavy atom. The Kier molecular flexibility index (Phi) is 4.89. The van der Waals surface area contributed by atoms with E-state index in [4.69, 9.17) is 4.74 Å². The zero-order valence-corrected chi connectivity index (χ0v) is 15.0. The van der Waals surface area contributed by atoms with E-state index in [1.54, 1.807) is 0 Å². The van der Waals surface area contributed by atoms with Crippen LogP contribution in [0.25, 0.3) is 0 Å². The number of piperidine rings is 1. The Morgan fingerprint density at radius 1 is 1.04 bits per heavy atom. The van der Waals surface area contributed by atoms with Crippen molar-refractivity contribution in [1.29, 1.82) is 0 Å². The molecule has 2 aromatic carbocycles. The van der Waals surface area contributed by atoms with E-state index in [9.17, 15) is 4.79 Å². The summed E-state index contributed by atoms with van der Waals surface area (Å²) in [6, 6.07) is 20.4. The lowest BCUT2D eigenvalue weighted by molar-refractivity contribution is -0.160. The second kappa shape index (κ2) is 7.46. The van der Waals surface area contributed by atoms with Gasteiger partial charge in [0.2, 0.25) is 0 Å². The van der Waals surface area contributed by atoms with E-state index in [1.165, 1.54) is 5.56 Å². The Hall–Kier alpha value is -2.39. The molecule has 134 valence electrons. The van der Waals surface area contributed by atoms with E-state index < -0.39 is 5.54 Å². The van der Waals surface area contributed by atoms with Gasteiger partial charge in [-0.25, -0.2) is 4.79 Å². The molecule has 3 nitrogen and oxygen atoms in total. The van der Waals surface area contributed by atoms with E-state index in [0.29, 0.717) is 12.5 Å². The van der Waals surface area contributed by atoms with Gasteiger partial charge in [0, 0.05) is 13.1 Å². The fourth-order valence-corrected chi connectivity index (χ4v) is 4.09. The Morgan fingerprint density at radius 2 is 1.73 bits per heavy atom. The maximum atomic E-state index is 13.1. The zero-order chi connectivity index (χ0) is 17.8. The van der Waals surface area contributed by atoms with Crippen molar-refractivity contribution in [3.8, 4) is 0 Å². The summed E-state index contributed by atoms with van der Waals surface area (Å²) in [4.78, 5) is 15.4. The average Bonchev–Trinajstić information content (AvgIpc) is 2.73. The second-order valence-corrected chi connectivity index (χ2v) is 7.33. The van der Waals surface area contributed by atoms with Crippen LogP contribution in [0.4, 0.5) is 0 Å². The summed E-state index contributed by atoms with van der Waals surface area (Å²) in [6.45, 7) is 2.17. The average molecular weight is 347 g/mol. The molecule has 5 rings (SSSR count). The summed E-state index contributed by atoms with van der Waals surface area (Å²) < 4.78 is 5.74. The lowest BCUT2D eigenvalue weighted by Crippen LogP contribution is -2.61. The van der Waals surface area contributed by atoms with Gasteiger partial charge in [0.05, 0.1) is 0 Å². The van der Waals surface area contributed by atoms with Crippen LogP contribution < -0.4 is 0 Å². The van der Waals surface area contributed by atoms with Crippen molar-refractivity contribution in [2.75, 3.05) is 13.1 Å². The van der Waals surface area contributed by atoms with Crippen molar-refractivity contribution in [3.63, 3.8) is 0 Å². The molecule has 0 spiro atoms. The normalized spacial score (nSPS) is 24.5. The monoisotopic (exact) mass is 347 g/mol. The van der Waals surface area contributed by atoms with Gasteiger partial charge in [-0.15, -0.1) is 0 Å². The Bertz CT molecular complexity index is 771. The Labute approximate surface area is 155 Å². The van der Waals surface area contributed by atoms with Crippen LogP contribution in [0, 0.1) is 5.92 Å². The fourth-order valence-electron chi connectivity index (χ4n) is 4.09. The summed E-state index contributed by atoms with van der Waals surface area (Å²) in [6.07, 6.45) is 7.19. The number of rotatable bonds is 6. The van der Waals surface area contributed by atoms with Gasteiger partial charge in [-0.2, -0.15) is 0 Å². The first-order valence-electron chi connectivity index (χ1n) is 9.46. The van der Waals surface area contributed by atoms with Crippen molar-refractivity contribution in [2.24, 2.45) is 5.92 Å². The molecule has 2 unspecified atom stereocenters. The maximum absolute atomic E-state index is 13.1. The van der Waals surface area contributed by atoms with Gasteiger partial charge in [0.15, 0.2) is 0 Å². The van der Waals surface area contributed by atoms with Crippen molar-refractivity contribution in [1.82, 2.24) is 4.90 Å². The first-order valence-corrected chi connectivity index (χ1v) is 9.46. The van der Waals surface area contributed by atoms with Crippen LogP contribution in [0.1, 0.15) is 24.0 Å². The van der Waals surface area contributed by atoms with Gasteiger partial charge < -0.3 is 4.74 Å². The van der Waals surface area contributed by atoms with E-state index in [-0.39, 0.29) is 5.97 Å². The van der Waals surface area contributed by atoms with Gasteiger partial charge in [-0.1, -0.05) is 72.8 Å². The van der Waals surface area contributed by atoms with Gasteiger partial charge in [0.25, 0.3) is 0 Å². The minimum atomic E-state index is -0.585. The summed E-state index contributed by atoms with van der Waals surface area (Å²) in [5, 5.41) is 0. The standard InChI is InChI=1S/C23H25NO2/c25-22(26-18-21-9-5-2-6-10-21)23-14-11-20(12-15-23)17-24(23)16-13-19-7-3-1-4-8-19/h1-11,14,20H,12-13,15-18H2. The number of ether oxygens (including phenoxy) is 1. The largest absolute Gasteiger partial charge is 0.459 e. The highest BCUT2D eigenvalue weighted by Crippen LogP contribution is 2.39. The maximum Gasteiger partial charge on any atom is 0.330 e. The molecule has 2 aromatic rings. The topological polar surface area (TPSA) is 29.5 Å². The molecule has 3 aliphatic rings. The molecular formula is C23H25NO2.